The topological polar surface area (TPSA) is 23.9 Å². The van der Waals surface area contributed by atoms with Crippen molar-refractivity contribution < 1.29 is 0 Å². The van der Waals surface area contributed by atoms with E-state index >= 15 is 0 Å². The lowest BCUT2D eigenvalue weighted by Crippen LogP contribution is -2.19. The average Bonchev–Trinajstić information content (AvgIpc) is 2.83. The molecule has 32 heavy (non-hydrogen) atoms. The molecule has 2 aromatic carbocycles. The van der Waals surface area contributed by atoms with E-state index in [1.165, 1.54) is 33.7 Å². The molecule has 2 aromatic rings. The van der Waals surface area contributed by atoms with Crippen molar-refractivity contribution >= 4 is 17.0 Å². The molecule has 1 heteroatoms. The Kier molecular flexibility index (Phi) is 8.57. The van der Waals surface area contributed by atoms with E-state index in [1.807, 2.05) is 24.3 Å². The van der Waals surface area contributed by atoms with Crippen LogP contribution in [-0.4, -0.2) is 6.21 Å². The molecule has 0 heterocycles. The molecule has 0 saturated heterocycles. The summed E-state index contributed by atoms with van der Waals surface area (Å²) in [6.45, 7) is 9.90. The van der Waals surface area contributed by atoms with Gasteiger partial charge in [-0.2, -0.15) is 0 Å². The monoisotopic (exact) mass is 419 g/mol. The van der Waals surface area contributed by atoms with Crippen LogP contribution in [0.4, 0.5) is 0 Å². The first-order valence-electron chi connectivity index (χ1n) is 11.4. The highest BCUT2D eigenvalue weighted by Crippen LogP contribution is 2.45. The second-order valence-corrected chi connectivity index (χ2v) is 8.10. The third kappa shape index (κ3) is 5.62. The second-order valence-electron chi connectivity index (χ2n) is 8.10. The first-order chi connectivity index (χ1) is 15.7. The van der Waals surface area contributed by atoms with Gasteiger partial charge in [0.25, 0.3) is 0 Å². The van der Waals surface area contributed by atoms with Crippen LogP contribution in [-0.2, 0) is 0 Å². The Bertz CT molecular complexity index is 1120. The van der Waals surface area contributed by atoms with E-state index in [4.69, 9.17) is 5.41 Å². The van der Waals surface area contributed by atoms with Gasteiger partial charge in [-0.05, 0) is 70.2 Å². The molecule has 0 saturated carbocycles. The van der Waals surface area contributed by atoms with Crippen LogP contribution in [0.25, 0.3) is 10.8 Å². The van der Waals surface area contributed by atoms with Gasteiger partial charge in [0.05, 0.1) is 0 Å². The fraction of sp³-hybridized carbons (Fsp3) is 0.194. The van der Waals surface area contributed by atoms with E-state index in [0.29, 0.717) is 11.8 Å². The summed E-state index contributed by atoms with van der Waals surface area (Å²) >= 11 is 0. The molecule has 1 nitrogen and oxygen atoms in total. The Morgan fingerprint density at radius 1 is 1.03 bits per heavy atom. The highest BCUT2D eigenvalue weighted by atomic mass is 14.3. The third-order valence-corrected chi connectivity index (χ3v) is 6.06. The molecule has 2 atom stereocenters. The molecule has 0 bridgehead atoms. The van der Waals surface area contributed by atoms with Gasteiger partial charge >= 0.3 is 0 Å². The smallest absolute Gasteiger partial charge is 0.0183 e. The fourth-order valence-corrected chi connectivity index (χ4v) is 4.49. The van der Waals surface area contributed by atoms with Crippen LogP contribution in [0.1, 0.15) is 37.7 Å². The van der Waals surface area contributed by atoms with Crippen molar-refractivity contribution in [1.29, 1.82) is 5.41 Å². The standard InChI is InChI=1S/C31H33N/c1-4-7-12-25(19-20-32)30-22-28(14-9-6-3)31(23-27(30)13-8-5-2)29-18-17-24-15-10-11-16-26(24)21-29/h5-21,28,31-32H,2-4,22-23H2,1H3/b12-7-,13-8-,14-9-,25-19+,32-20?/t28-,31?/m1/s1. The zero-order valence-electron chi connectivity index (χ0n) is 19.0. The number of fused-ring (bicyclic) bond motifs is 1. The molecular formula is C31H33N. The predicted molar refractivity (Wildman–Crippen MR) is 141 cm³/mol. The molecule has 162 valence electrons. The van der Waals surface area contributed by atoms with E-state index in [2.05, 4.69) is 92.9 Å². The van der Waals surface area contributed by atoms with Gasteiger partial charge in [0.15, 0.2) is 0 Å². The lowest BCUT2D eigenvalue weighted by atomic mass is 9.70. The molecular weight excluding hydrogens is 386 g/mol. The van der Waals surface area contributed by atoms with Crippen LogP contribution in [0.2, 0.25) is 0 Å². The van der Waals surface area contributed by atoms with Crippen molar-refractivity contribution in [3.8, 4) is 0 Å². The molecule has 0 fully saturated rings. The zero-order valence-corrected chi connectivity index (χ0v) is 19.0. The molecule has 1 N–H and O–H groups in total. The van der Waals surface area contributed by atoms with Gasteiger partial charge < -0.3 is 5.41 Å². The van der Waals surface area contributed by atoms with E-state index in [0.717, 1.165) is 24.8 Å². The molecule has 0 aliphatic heterocycles. The maximum atomic E-state index is 7.68. The maximum absolute atomic E-state index is 7.68. The second kappa shape index (κ2) is 11.8. The fourth-order valence-electron chi connectivity index (χ4n) is 4.49. The summed E-state index contributed by atoms with van der Waals surface area (Å²) in [6.07, 6.45) is 22.8. The van der Waals surface area contributed by atoms with Crippen LogP contribution in [0.5, 0.6) is 0 Å². The van der Waals surface area contributed by atoms with Crippen LogP contribution in [0, 0.1) is 11.3 Å². The minimum absolute atomic E-state index is 0.356. The van der Waals surface area contributed by atoms with Gasteiger partial charge in [0.2, 0.25) is 0 Å². The highest BCUT2D eigenvalue weighted by Gasteiger charge is 2.29. The quantitative estimate of drug-likeness (QED) is 0.310. The number of nitrogens with one attached hydrogen (secondary N) is 1. The van der Waals surface area contributed by atoms with Crippen LogP contribution in [0.3, 0.4) is 0 Å². The van der Waals surface area contributed by atoms with E-state index in [-0.39, 0.29) is 0 Å². The van der Waals surface area contributed by atoms with E-state index < -0.39 is 0 Å². The summed E-state index contributed by atoms with van der Waals surface area (Å²) in [5, 5.41) is 10.2. The minimum atomic E-state index is 0.356. The summed E-state index contributed by atoms with van der Waals surface area (Å²) < 4.78 is 0. The van der Waals surface area contributed by atoms with Crippen molar-refractivity contribution in [2.45, 2.75) is 32.1 Å². The Morgan fingerprint density at radius 2 is 1.81 bits per heavy atom. The third-order valence-electron chi connectivity index (χ3n) is 6.06. The van der Waals surface area contributed by atoms with Crippen molar-refractivity contribution in [1.82, 2.24) is 0 Å². The Labute approximate surface area is 193 Å². The van der Waals surface area contributed by atoms with Gasteiger partial charge in [-0.25, -0.2) is 0 Å². The van der Waals surface area contributed by atoms with Crippen molar-refractivity contribution in [3.63, 3.8) is 0 Å². The van der Waals surface area contributed by atoms with Gasteiger partial charge in [0.1, 0.15) is 0 Å². The summed E-state index contributed by atoms with van der Waals surface area (Å²) in [6, 6.07) is 15.4. The van der Waals surface area contributed by atoms with Crippen molar-refractivity contribution in [2.24, 2.45) is 5.92 Å². The van der Waals surface area contributed by atoms with Crippen LogP contribution >= 0.6 is 0 Å². The first kappa shape index (κ1) is 23.2. The molecule has 0 aromatic heterocycles. The predicted octanol–water partition coefficient (Wildman–Crippen LogP) is 8.66. The van der Waals surface area contributed by atoms with Gasteiger partial charge in [-0.3, -0.25) is 0 Å². The molecule has 0 spiro atoms. The average molecular weight is 420 g/mol. The molecule has 0 amide bonds. The summed E-state index contributed by atoms with van der Waals surface area (Å²) in [4.78, 5) is 0. The lowest BCUT2D eigenvalue weighted by molar-refractivity contribution is 0.476. The number of allylic oxidation sites excluding steroid dienone is 12. The maximum Gasteiger partial charge on any atom is 0.0183 e. The van der Waals surface area contributed by atoms with E-state index in [1.54, 1.807) is 0 Å². The van der Waals surface area contributed by atoms with Crippen molar-refractivity contribution in [3.05, 3.63) is 133 Å². The number of benzene rings is 2. The molecule has 3 rings (SSSR count). The lowest BCUT2D eigenvalue weighted by Gasteiger charge is -2.34. The number of hydrogen-bond acceptors (Lipinski definition) is 1. The first-order valence-corrected chi connectivity index (χ1v) is 11.4. The van der Waals surface area contributed by atoms with Crippen molar-refractivity contribution in [2.75, 3.05) is 0 Å². The highest BCUT2D eigenvalue weighted by molar-refractivity contribution is 5.83. The SMILES string of the molecule is C=C/C=C\C1=C(C(/C=C\CC)=C/C=N)C[C@@H](/C=C\C=C)C(c2ccc3ccccc3c2)C1. The van der Waals surface area contributed by atoms with Crippen LogP contribution < -0.4 is 0 Å². The number of rotatable bonds is 9. The normalized spacial score (nSPS) is 20.0. The summed E-state index contributed by atoms with van der Waals surface area (Å²) in [5.74, 6) is 0.731. The molecule has 1 unspecified atom stereocenters. The van der Waals surface area contributed by atoms with Gasteiger partial charge in [0, 0.05) is 6.21 Å². The Morgan fingerprint density at radius 3 is 2.53 bits per heavy atom. The molecule has 1 aliphatic rings. The summed E-state index contributed by atoms with van der Waals surface area (Å²) in [5.41, 5.74) is 5.12. The largest absolute Gasteiger partial charge is 0.309 e. The molecule has 0 radical (unpaired) electrons. The Balaban J connectivity index is 2.13. The zero-order chi connectivity index (χ0) is 22.8. The number of hydrogen-bond donors (Lipinski definition) is 1. The minimum Gasteiger partial charge on any atom is -0.309 e. The van der Waals surface area contributed by atoms with Gasteiger partial charge in [-0.15, -0.1) is 0 Å². The van der Waals surface area contributed by atoms with Gasteiger partial charge in [-0.1, -0.05) is 111 Å². The van der Waals surface area contributed by atoms with Crippen LogP contribution in [0.15, 0.2) is 127 Å². The summed E-state index contributed by atoms with van der Waals surface area (Å²) in [7, 11) is 0. The Hall–Kier alpha value is -3.45. The molecule has 1 aliphatic carbocycles. The van der Waals surface area contributed by atoms with E-state index in [9.17, 15) is 0 Å².